The van der Waals surface area contributed by atoms with Crippen LogP contribution in [0.25, 0.3) is 10.9 Å². The van der Waals surface area contributed by atoms with Crippen molar-refractivity contribution in [3.05, 3.63) is 70.0 Å². The number of para-hydroxylation sites is 2. The van der Waals surface area contributed by atoms with Crippen LogP contribution in [0.5, 0.6) is 0 Å². The van der Waals surface area contributed by atoms with E-state index in [0.29, 0.717) is 11.4 Å². The van der Waals surface area contributed by atoms with Crippen molar-refractivity contribution >= 4 is 28.3 Å². The third-order valence-corrected chi connectivity index (χ3v) is 4.19. The molecule has 0 unspecified atom stereocenters. The number of aryl methyl sites for hydroxylation is 3. The molecule has 2 aromatic carbocycles. The first kappa shape index (κ1) is 15.8. The lowest BCUT2D eigenvalue weighted by Gasteiger charge is -2.14. The molecule has 1 aromatic heterocycles. The third kappa shape index (κ3) is 2.76. The Morgan fingerprint density at radius 1 is 0.958 bits per heavy atom. The average molecular weight is 321 g/mol. The number of carbonyl (C=O) groups excluding carboxylic acids is 1. The number of nitrogens with zero attached hydrogens (tertiary/aromatic N) is 1. The third-order valence-electron chi connectivity index (χ3n) is 4.19. The fourth-order valence-corrected chi connectivity index (χ4v) is 2.78. The minimum atomic E-state index is -0.431. The van der Waals surface area contributed by atoms with Gasteiger partial charge in [0.25, 0.3) is 5.56 Å². The van der Waals surface area contributed by atoms with Crippen LogP contribution in [0.15, 0.2) is 53.3 Å². The second kappa shape index (κ2) is 6.20. The molecule has 0 aliphatic rings. The van der Waals surface area contributed by atoms with Crippen LogP contribution >= 0.6 is 0 Å². The molecule has 0 spiro atoms. The number of anilines is 2. The normalized spacial score (nSPS) is 10.6. The van der Waals surface area contributed by atoms with E-state index >= 15 is 0 Å². The van der Waals surface area contributed by atoms with Crippen molar-refractivity contribution in [2.75, 3.05) is 10.6 Å². The summed E-state index contributed by atoms with van der Waals surface area (Å²) in [6.45, 7) is 3.75. The van der Waals surface area contributed by atoms with Crippen molar-refractivity contribution in [3.63, 3.8) is 0 Å². The van der Waals surface area contributed by atoms with Gasteiger partial charge in [-0.25, -0.2) is 4.79 Å². The summed E-state index contributed by atoms with van der Waals surface area (Å²) < 4.78 is 1.55. The average Bonchev–Trinajstić information content (AvgIpc) is 2.59. The summed E-state index contributed by atoms with van der Waals surface area (Å²) in [6, 6.07) is 14.7. The molecular formula is C19H19N3O2. The zero-order valence-corrected chi connectivity index (χ0v) is 13.9. The smallest absolute Gasteiger partial charge is 0.310 e. The van der Waals surface area contributed by atoms with E-state index in [9.17, 15) is 9.59 Å². The molecule has 0 aliphatic heterocycles. The summed E-state index contributed by atoms with van der Waals surface area (Å²) in [4.78, 5) is 24.9. The Hall–Kier alpha value is -3.08. The van der Waals surface area contributed by atoms with Crippen molar-refractivity contribution in [1.29, 1.82) is 0 Å². The summed E-state index contributed by atoms with van der Waals surface area (Å²) in [5.74, 6) is 0. The quantitative estimate of drug-likeness (QED) is 0.754. The maximum Gasteiger partial charge on any atom is 0.323 e. The van der Waals surface area contributed by atoms with Gasteiger partial charge in [-0.15, -0.1) is 0 Å². The van der Waals surface area contributed by atoms with Crippen molar-refractivity contribution in [2.45, 2.75) is 13.8 Å². The maximum absolute atomic E-state index is 12.6. The van der Waals surface area contributed by atoms with Gasteiger partial charge in [-0.3, -0.25) is 4.79 Å². The van der Waals surface area contributed by atoms with Crippen LogP contribution in [0.1, 0.15) is 11.1 Å². The van der Waals surface area contributed by atoms with Crippen LogP contribution in [-0.2, 0) is 7.05 Å². The Bertz CT molecular complexity index is 990. The van der Waals surface area contributed by atoms with E-state index in [0.717, 1.165) is 22.0 Å². The Morgan fingerprint density at radius 3 is 2.38 bits per heavy atom. The maximum atomic E-state index is 12.6. The first-order valence-corrected chi connectivity index (χ1v) is 7.71. The number of hydrogen-bond acceptors (Lipinski definition) is 2. The largest absolute Gasteiger partial charge is 0.323 e. The summed E-state index contributed by atoms with van der Waals surface area (Å²) in [6.07, 6.45) is 0. The number of aromatic nitrogens is 1. The second-order valence-electron chi connectivity index (χ2n) is 5.78. The van der Waals surface area contributed by atoms with E-state index in [-0.39, 0.29) is 5.56 Å². The molecule has 1 heterocycles. The van der Waals surface area contributed by atoms with E-state index in [4.69, 9.17) is 0 Å². The van der Waals surface area contributed by atoms with E-state index in [2.05, 4.69) is 10.6 Å². The van der Waals surface area contributed by atoms with E-state index in [1.54, 1.807) is 11.6 Å². The molecule has 3 rings (SSSR count). The number of amides is 2. The summed E-state index contributed by atoms with van der Waals surface area (Å²) in [5, 5.41) is 6.42. The molecule has 0 aliphatic carbocycles. The predicted octanol–water partition coefficient (Wildman–Crippen LogP) is 3.80. The molecule has 0 saturated carbocycles. The highest BCUT2D eigenvalue weighted by molar-refractivity contribution is 6.02. The van der Waals surface area contributed by atoms with Gasteiger partial charge >= 0.3 is 6.03 Å². The molecule has 0 radical (unpaired) electrons. The number of carbonyl (C=O) groups is 1. The molecule has 3 aromatic rings. The van der Waals surface area contributed by atoms with E-state index < -0.39 is 6.03 Å². The zero-order chi connectivity index (χ0) is 17.3. The van der Waals surface area contributed by atoms with Gasteiger partial charge in [-0.2, -0.15) is 0 Å². The SMILES string of the molecule is Cc1ccccc1NC(=O)Nc1c(C)c2ccccc2n(C)c1=O. The number of benzene rings is 2. The molecule has 5 nitrogen and oxygen atoms in total. The van der Waals surface area contributed by atoms with Gasteiger partial charge in [0, 0.05) is 18.1 Å². The van der Waals surface area contributed by atoms with Gasteiger partial charge in [0.1, 0.15) is 5.69 Å². The first-order valence-electron chi connectivity index (χ1n) is 7.71. The van der Waals surface area contributed by atoms with Crippen molar-refractivity contribution < 1.29 is 4.79 Å². The Kier molecular flexibility index (Phi) is 4.08. The van der Waals surface area contributed by atoms with E-state index in [1.165, 1.54) is 0 Å². The van der Waals surface area contributed by atoms with Crippen LogP contribution in [-0.4, -0.2) is 10.6 Å². The molecule has 0 atom stereocenters. The second-order valence-corrected chi connectivity index (χ2v) is 5.78. The summed E-state index contributed by atoms with van der Waals surface area (Å²) in [7, 11) is 1.70. The minimum Gasteiger partial charge on any atom is -0.310 e. The van der Waals surface area contributed by atoms with Gasteiger partial charge in [0.05, 0.1) is 5.52 Å². The highest BCUT2D eigenvalue weighted by atomic mass is 16.2. The van der Waals surface area contributed by atoms with Crippen molar-refractivity contribution in [1.82, 2.24) is 4.57 Å². The fourth-order valence-electron chi connectivity index (χ4n) is 2.78. The van der Waals surface area contributed by atoms with Crippen molar-refractivity contribution in [3.8, 4) is 0 Å². The molecular weight excluding hydrogens is 302 g/mol. The lowest BCUT2D eigenvalue weighted by molar-refractivity contribution is 0.262. The van der Waals surface area contributed by atoms with Gasteiger partial charge in [-0.1, -0.05) is 36.4 Å². The highest BCUT2D eigenvalue weighted by Gasteiger charge is 2.14. The highest BCUT2D eigenvalue weighted by Crippen LogP contribution is 2.22. The molecule has 5 heteroatoms. The fraction of sp³-hybridized carbons (Fsp3) is 0.158. The van der Waals surface area contributed by atoms with Gasteiger partial charge < -0.3 is 15.2 Å². The Balaban J connectivity index is 1.97. The first-order chi connectivity index (χ1) is 11.5. The molecule has 0 fully saturated rings. The molecule has 24 heavy (non-hydrogen) atoms. The van der Waals surface area contributed by atoms with Crippen LogP contribution in [0.2, 0.25) is 0 Å². The predicted molar refractivity (Wildman–Crippen MR) is 97.7 cm³/mol. The molecule has 122 valence electrons. The lowest BCUT2D eigenvalue weighted by atomic mass is 10.1. The number of pyridine rings is 1. The molecule has 2 amide bonds. The van der Waals surface area contributed by atoms with Crippen LogP contribution in [0, 0.1) is 13.8 Å². The molecule has 0 saturated heterocycles. The van der Waals surface area contributed by atoms with Crippen molar-refractivity contribution in [2.24, 2.45) is 7.05 Å². The summed E-state index contributed by atoms with van der Waals surface area (Å²) >= 11 is 0. The summed E-state index contributed by atoms with van der Waals surface area (Å²) in [5.41, 5.74) is 3.33. The molecule has 2 N–H and O–H groups in total. The monoisotopic (exact) mass is 321 g/mol. The Labute approximate surface area is 139 Å². The van der Waals surface area contributed by atoms with Crippen LogP contribution in [0.4, 0.5) is 16.2 Å². The number of urea groups is 1. The van der Waals surface area contributed by atoms with Gasteiger partial charge in [0.2, 0.25) is 0 Å². The zero-order valence-electron chi connectivity index (χ0n) is 13.9. The topological polar surface area (TPSA) is 63.1 Å². The molecule has 0 bridgehead atoms. The van der Waals surface area contributed by atoms with Crippen LogP contribution in [0.3, 0.4) is 0 Å². The lowest BCUT2D eigenvalue weighted by Crippen LogP contribution is -2.28. The van der Waals surface area contributed by atoms with E-state index in [1.807, 2.05) is 62.4 Å². The number of fused-ring (bicyclic) bond motifs is 1. The number of nitrogens with one attached hydrogen (secondary N) is 2. The standard InChI is InChI=1S/C19H19N3O2/c1-12-8-4-6-10-15(12)20-19(24)21-17-13(2)14-9-5-7-11-16(14)22(3)18(17)23/h4-11H,1-3H3,(H2,20,21,24). The number of rotatable bonds is 2. The van der Waals surface area contributed by atoms with Crippen LogP contribution < -0.4 is 16.2 Å². The minimum absolute atomic E-state index is 0.230. The van der Waals surface area contributed by atoms with Gasteiger partial charge in [0.15, 0.2) is 0 Å². The Morgan fingerprint density at radius 2 is 1.62 bits per heavy atom. The van der Waals surface area contributed by atoms with Gasteiger partial charge in [-0.05, 0) is 37.1 Å². The number of hydrogen-bond donors (Lipinski definition) is 2.